The van der Waals surface area contributed by atoms with Crippen molar-refractivity contribution in [2.75, 3.05) is 0 Å². The summed E-state index contributed by atoms with van der Waals surface area (Å²) in [5, 5.41) is 59.3. The van der Waals surface area contributed by atoms with Crippen LogP contribution in [-0.2, 0) is 28.8 Å². The molecule has 0 rings (SSSR count). The van der Waals surface area contributed by atoms with E-state index in [9.17, 15) is 59.4 Å². The van der Waals surface area contributed by atoms with E-state index in [0.29, 0.717) is 0 Å². The van der Waals surface area contributed by atoms with Crippen molar-refractivity contribution in [3.05, 3.63) is 23.3 Å². The first-order valence-corrected chi connectivity index (χ1v) is 30.0. The van der Waals surface area contributed by atoms with Gasteiger partial charge in [-0.05, 0) is 23.3 Å². The van der Waals surface area contributed by atoms with Crippen LogP contribution in [0.4, 0.5) is 0 Å². The van der Waals surface area contributed by atoms with Gasteiger partial charge in [0.25, 0.3) is 0 Å². The standard InChI is InChI=1S/2C6H6O6.6C4H9.3Sn/c2*7-4(8)1-3(6(11)12)2-5(9)10;6*1-3-4-2;;;/h2*1H,2H2,(H,7,8)(H,9,10)(H,11,12);6*1,3-4H2,2H3;;;/q;;;;;;;;3*+2/p-6. The summed E-state index contributed by atoms with van der Waals surface area (Å²) in [6, 6.07) is 0. The van der Waals surface area contributed by atoms with E-state index in [1.807, 2.05) is 0 Å². The van der Waals surface area contributed by atoms with Gasteiger partial charge in [0.15, 0.2) is 0 Å². The molecule has 15 heteroatoms. The van der Waals surface area contributed by atoms with Crippen LogP contribution in [0, 0.1) is 0 Å². The van der Waals surface area contributed by atoms with Crippen LogP contribution in [0.15, 0.2) is 23.3 Å². The summed E-state index contributed by atoms with van der Waals surface area (Å²) in [6.45, 7) is 13.7. The third kappa shape index (κ3) is 64.1. The minimum absolute atomic E-state index is 0.144. The van der Waals surface area contributed by atoms with E-state index < -0.39 is 59.8 Å². The van der Waals surface area contributed by atoms with Gasteiger partial charge in [0.1, 0.15) is 0 Å². The van der Waals surface area contributed by atoms with Gasteiger partial charge in [-0.3, -0.25) is 0 Å². The van der Waals surface area contributed by atoms with Gasteiger partial charge in [-0.1, -0.05) is 0 Å². The van der Waals surface area contributed by atoms with Gasteiger partial charge in [-0.15, -0.1) is 0 Å². The maximum absolute atomic E-state index is 10.0. The van der Waals surface area contributed by atoms with Crippen LogP contribution in [0.25, 0.3) is 0 Å². The van der Waals surface area contributed by atoms with Crippen molar-refractivity contribution in [2.24, 2.45) is 0 Å². The number of aliphatic carboxylic acids is 6. The summed E-state index contributed by atoms with van der Waals surface area (Å²) in [7, 11) is 0. The van der Waals surface area contributed by atoms with Crippen LogP contribution in [0.5, 0.6) is 0 Å². The Morgan fingerprint density at radius 2 is 0.588 bits per heavy atom. The zero-order valence-electron chi connectivity index (χ0n) is 31.7. The molecule has 0 unspecified atom stereocenters. The van der Waals surface area contributed by atoms with E-state index in [4.69, 9.17) is 0 Å². The summed E-state index contributed by atoms with van der Waals surface area (Å²) >= 11 is 0.448. The molecule has 12 nitrogen and oxygen atoms in total. The minimum Gasteiger partial charge on any atom is -0.550 e. The van der Waals surface area contributed by atoms with Gasteiger partial charge in [-0.2, -0.15) is 0 Å². The Balaban J connectivity index is -0.000000174. The Labute approximate surface area is 337 Å². The van der Waals surface area contributed by atoms with Crippen LogP contribution >= 0.6 is 0 Å². The number of carbonyl (C=O) groups is 6. The molecule has 0 amide bonds. The van der Waals surface area contributed by atoms with Gasteiger partial charge in [-0.25, -0.2) is 0 Å². The smallest absolute Gasteiger partial charge is 0.0679 e. The molecule has 0 aliphatic rings. The molecule has 0 bridgehead atoms. The molecule has 288 valence electrons. The van der Waals surface area contributed by atoms with Crippen molar-refractivity contribution in [1.29, 1.82) is 0 Å². The molecule has 0 aromatic carbocycles. The fourth-order valence-corrected chi connectivity index (χ4v) is 15.6. The van der Waals surface area contributed by atoms with Crippen molar-refractivity contribution < 1.29 is 59.4 Å². The number of carboxylic acid groups (broad SMARTS) is 6. The van der Waals surface area contributed by atoms with Crippen LogP contribution in [0.2, 0.25) is 26.6 Å². The first kappa shape index (κ1) is 59.0. The molecule has 0 radical (unpaired) electrons. The normalized spacial score (nSPS) is 9.92. The topological polar surface area (TPSA) is 241 Å². The fraction of sp³-hybridized carbons (Fsp3) is 0.722. The molecule has 0 saturated heterocycles. The Kier molecular flexibility index (Phi) is 56.3. The number of carbonyl (C=O) groups excluding carboxylic acids is 6. The SMILES string of the molecule is CCC[CH2][Sn+2][CH2]CCC.CCC[CH2][Sn+2][CH2]CCC.CCC[CH2][Sn+2][CH2]CCC.O=C([O-])C=C(CC(=O)[O-])C(=O)[O-].O=C([O-])C=C(CC(=O)[O-])C(=O)[O-]. The molecule has 0 saturated carbocycles. The van der Waals surface area contributed by atoms with Crippen molar-refractivity contribution in [2.45, 2.75) is 158 Å². The maximum Gasteiger partial charge on any atom is 0.0679 e. The third-order valence-electron chi connectivity index (χ3n) is 6.02. The monoisotopic (exact) mass is 1040 g/mol. The van der Waals surface area contributed by atoms with Crippen molar-refractivity contribution in [1.82, 2.24) is 0 Å². The zero-order chi connectivity index (χ0) is 40.3. The largest absolute Gasteiger partial charge is 0.550 e. The Bertz CT molecular complexity index is 848. The molecular formula is C36H60O12Sn3. The second kappa shape index (κ2) is 48.7. The van der Waals surface area contributed by atoms with E-state index in [-0.39, 0.29) is 75.6 Å². The van der Waals surface area contributed by atoms with Gasteiger partial charge in [0.05, 0.1) is 23.9 Å². The van der Waals surface area contributed by atoms with E-state index in [1.54, 1.807) is 26.6 Å². The van der Waals surface area contributed by atoms with Crippen LogP contribution < -0.4 is 30.6 Å². The van der Waals surface area contributed by atoms with Gasteiger partial charge < -0.3 is 59.4 Å². The third-order valence-corrected chi connectivity index (χ3v) is 18.1. The predicted molar refractivity (Wildman–Crippen MR) is 191 cm³/mol. The van der Waals surface area contributed by atoms with E-state index in [1.165, 1.54) is 77.0 Å². The van der Waals surface area contributed by atoms with Crippen LogP contribution in [0.3, 0.4) is 0 Å². The first-order valence-electron chi connectivity index (χ1n) is 17.9. The summed E-state index contributed by atoms with van der Waals surface area (Å²) in [4.78, 5) is 59.3. The molecule has 0 spiro atoms. The molecule has 0 N–H and O–H groups in total. The summed E-state index contributed by atoms with van der Waals surface area (Å²) in [6.07, 6.45) is 15.8. The summed E-state index contributed by atoms with van der Waals surface area (Å²) < 4.78 is 9.75. The number of hydrogen-bond donors (Lipinski definition) is 0. The molecule has 0 aromatic rings. The summed E-state index contributed by atoms with van der Waals surface area (Å²) in [5.74, 6) is -10.7. The zero-order valence-corrected chi connectivity index (χ0v) is 40.3. The Hall–Kier alpha value is -1.30. The van der Waals surface area contributed by atoms with Gasteiger partial charge >= 0.3 is 209 Å². The second-order valence-corrected chi connectivity index (χ2v) is 23.9. The van der Waals surface area contributed by atoms with Crippen molar-refractivity contribution in [3.63, 3.8) is 0 Å². The predicted octanol–water partition coefficient (Wildman–Crippen LogP) is 0.487. The van der Waals surface area contributed by atoms with E-state index in [2.05, 4.69) is 41.5 Å². The van der Waals surface area contributed by atoms with Crippen molar-refractivity contribution >= 4 is 99.2 Å². The van der Waals surface area contributed by atoms with Crippen LogP contribution in [-0.4, -0.2) is 99.2 Å². The van der Waals surface area contributed by atoms with Crippen LogP contribution in [0.1, 0.15) is 131 Å². The molecule has 0 fully saturated rings. The Morgan fingerprint density at radius 1 is 0.392 bits per heavy atom. The number of rotatable bonds is 26. The molecule has 51 heavy (non-hydrogen) atoms. The number of carboxylic acids is 6. The average Bonchev–Trinajstić information content (AvgIpc) is 3.04. The molecule has 0 aliphatic carbocycles. The Morgan fingerprint density at radius 3 is 0.706 bits per heavy atom. The summed E-state index contributed by atoms with van der Waals surface area (Å²) in [5.41, 5.74) is -1.79. The van der Waals surface area contributed by atoms with E-state index >= 15 is 0 Å². The molecule has 0 heterocycles. The minimum atomic E-state index is -1.87. The molecule has 0 aliphatic heterocycles. The fourth-order valence-electron chi connectivity index (χ4n) is 3.15. The second-order valence-electron chi connectivity index (χ2n) is 11.0. The maximum atomic E-state index is 10.0. The molecule has 0 atom stereocenters. The first-order chi connectivity index (χ1) is 24.1. The quantitative estimate of drug-likeness (QED) is 0.0654. The van der Waals surface area contributed by atoms with Gasteiger partial charge in [0.2, 0.25) is 0 Å². The molecule has 0 aromatic heterocycles. The van der Waals surface area contributed by atoms with Crippen molar-refractivity contribution in [3.8, 4) is 0 Å². The van der Waals surface area contributed by atoms with E-state index in [0.717, 1.165) is 0 Å². The molecular weight excluding hydrogens is 981 g/mol. The van der Waals surface area contributed by atoms with Gasteiger partial charge in [0, 0.05) is 24.8 Å². The number of hydrogen-bond acceptors (Lipinski definition) is 12. The average molecular weight is 1040 g/mol. The number of unbranched alkanes of at least 4 members (excludes halogenated alkanes) is 6.